The summed E-state index contributed by atoms with van der Waals surface area (Å²) in [5, 5.41) is 19.1. The molecule has 0 unspecified atom stereocenters. The molecule has 9 nitrogen and oxygen atoms in total. The Morgan fingerprint density at radius 2 is 1.35 bits per heavy atom. The molecule has 0 radical (unpaired) electrons. The highest BCUT2D eigenvalue weighted by atomic mass is 79.9. The van der Waals surface area contributed by atoms with Gasteiger partial charge in [-0.1, -0.05) is 37.1 Å². The lowest BCUT2D eigenvalue weighted by Crippen LogP contribution is -2.05. The van der Waals surface area contributed by atoms with Gasteiger partial charge < -0.3 is 25.6 Å². The van der Waals surface area contributed by atoms with Gasteiger partial charge in [-0.15, -0.1) is 5.10 Å². The highest BCUT2D eigenvalue weighted by Crippen LogP contribution is 2.28. The molecule has 5 rings (SSSR count). The standard InChI is InChI=1S/C15H14BrN3O.C15H17BrN2O.C2H4O2/c1-10(2)20-13-6-4-12(5-7-13)19-15-9-11(16)3-8-14(15)17-18-19;1-10(2)19-13-6-4-12(5-7-13)18-15-9-11(16)3-8-14(15)17;1-2(3)4/h3-10H,1-2H3;3-10,18H,17H2,1-2H3;1H3,(H,3,4). The molecule has 0 fully saturated rings. The summed E-state index contributed by atoms with van der Waals surface area (Å²) < 4.78 is 15.1. The van der Waals surface area contributed by atoms with Crippen molar-refractivity contribution in [3.8, 4) is 17.2 Å². The van der Waals surface area contributed by atoms with Crippen LogP contribution in [-0.2, 0) is 4.79 Å². The molecule has 5 aromatic rings. The van der Waals surface area contributed by atoms with E-state index in [0.717, 1.165) is 55.5 Å². The number of anilines is 3. The predicted octanol–water partition coefficient (Wildman–Crippen LogP) is 8.62. The zero-order valence-corrected chi connectivity index (χ0v) is 27.8. The molecule has 0 saturated heterocycles. The molecule has 0 spiro atoms. The highest BCUT2D eigenvalue weighted by Gasteiger charge is 2.08. The molecule has 4 N–H and O–H groups in total. The third kappa shape index (κ3) is 10.9. The summed E-state index contributed by atoms with van der Waals surface area (Å²) in [5.74, 6) is 0.886. The van der Waals surface area contributed by atoms with Crippen LogP contribution in [0.4, 0.5) is 17.1 Å². The second-order valence-corrected chi connectivity index (χ2v) is 11.7. The minimum Gasteiger partial charge on any atom is -0.491 e. The number of aromatic nitrogens is 3. The number of hydrogen-bond acceptors (Lipinski definition) is 7. The van der Waals surface area contributed by atoms with Gasteiger partial charge in [-0.25, -0.2) is 4.68 Å². The zero-order chi connectivity index (χ0) is 31.5. The fraction of sp³-hybridized carbons (Fsp3) is 0.219. The summed E-state index contributed by atoms with van der Waals surface area (Å²) in [6, 6.07) is 27.3. The van der Waals surface area contributed by atoms with Crippen LogP contribution in [0, 0.1) is 0 Å². The van der Waals surface area contributed by atoms with Crippen LogP contribution < -0.4 is 20.5 Å². The van der Waals surface area contributed by atoms with Crippen molar-refractivity contribution in [3.63, 3.8) is 0 Å². The molecule has 0 aliphatic carbocycles. The highest BCUT2D eigenvalue weighted by molar-refractivity contribution is 9.10. The molecular weight excluding hydrogens is 678 g/mol. The second kappa shape index (κ2) is 15.9. The number of carboxylic acid groups (broad SMARTS) is 1. The maximum atomic E-state index is 9.00. The number of ether oxygens (including phenoxy) is 2. The minimum absolute atomic E-state index is 0.170. The second-order valence-electron chi connectivity index (χ2n) is 9.86. The maximum Gasteiger partial charge on any atom is 0.300 e. The Morgan fingerprint density at radius 3 is 1.91 bits per heavy atom. The van der Waals surface area contributed by atoms with Crippen molar-refractivity contribution in [2.45, 2.75) is 46.8 Å². The van der Waals surface area contributed by atoms with E-state index in [2.05, 4.69) is 47.5 Å². The summed E-state index contributed by atoms with van der Waals surface area (Å²) in [7, 11) is 0. The molecule has 0 saturated carbocycles. The zero-order valence-electron chi connectivity index (χ0n) is 24.6. The first-order valence-corrected chi connectivity index (χ1v) is 15.1. The molecule has 226 valence electrons. The van der Waals surface area contributed by atoms with Gasteiger partial charge in [0, 0.05) is 21.6 Å². The lowest BCUT2D eigenvalue weighted by atomic mass is 10.2. The fourth-order valence-electron chi connectivity index (χ4n) is 3.70. The Hall–Kier alpha value is -4.09. The predicted molar refractivity (Wildman–Crippen MR) is 180 cm³/mol. The molecule has 1 heterocycles. The lowest BCUT2D eigenvalue weighted by Gasteiger charge is -2.12. The normalized spacial score (nSPS) is 10.4. The molecule has 43 heavy (non-hydrogen) atoms. The summed E-state index contributed by atoms with van der Waals surface area (Å²) in [6.45, 7) is 9.12. The first kappa shape index (κ1) is 33.4. The van der Waals surface area contributed by atoms with Gasteiger partial charge in [-0.2, -0.15) is 0 Å². The van der Waals surface area contributed by atoms with Crippen LogP contribution in [0.2, 0.25) is 0 Å². The van der Waals surface area contributed by atoms with Crippen LogP contribution in [-0.4, -0.2) is 38.3 Å². The first-order chi connectivity index (χ1) is 20.4. The van der Waals surface area contributed by atoms with E-state index in [1.807, 2.05) is 117 Å². The van der Waals surface area contributed by atoms with Crippen molar-refractivity contribution < 1.29 is 19.4 Å². The summed E-state index contributed by atoms with van der Waals surface area (Å²) in [5.41, 5.74) is 11.3. The smallest absolute Gasteiger partial charge is 0.300 e. The van der Waals surface area contributed by atoms with Crippen LogP contribution >= 0.6 is 31.9 Å². The number of carbonyl (C=O) groups is 1. The molecule has 1 aromatic heterocycles. The van der Waals surface area contributed by atoms with Crippen LogP contribution in [0.25, 0.3) is 16.7 Å². The summed E-state index contributed by atoms with van der Waals surface area (Å²) >= 11 is 6.91. The lowest BCUT2D eigenvalue weighted by molar-refractivity contribution is -0.134. The van der Waals surface area contributed by atoms with Gasteiger partial charge in [0.15, 0.2) is 0 Å². The Kier molecular flexibility index (Phi) is 12.4. The number of fused-ring (bicyclic) bond motifs is 1. The summed E-state index contributed by atoms with van der Waals surface area (Å²) in [4.78, 5) is 9.00. The third-order valence-electron chi connectivity index (χ3n) is 5.38. The SMILES string of the molecule is CC(=O)O.CC(C)Oc1ccc(-n2nnc3ccc(Br)cc32)cc1.CC(C)Oc1ccc(Nc2cc(Br)ccc2N)cc1. The number of nitrogens with zero attached hydrogens (tertiary/aromatic N) is 3. The Labute approximate surface area is 268 Å². The number of nitrogens with two attached hydrogens (primary N) is 1. The van der Waals surface area contributed by atoms with Crippen molar-refractivity contribution in [1.29, 1.82) is 0 Å². The average Bonchev–Trinajstić information content (AvgIpc) is 3.35. The van der Waals surface area contributed by atoms with Crippen LogP contribution in [0.15, 0.2) is 93.9 Å². The van der Waals surface area contributed by atoms with Crippen molar-refractivity contribution in [3.05, 3.63) is 93.9 Å². The van der Waals surface area contributed by atoms with Crippen LogP contribution in [0.5, 0.6) is 11.5 Å². The topological polar surface area (TPSA) is 125 Å². The number of benzene rings is 4. The van der Waals surface area contributed by atoms with Crippen molar-refractivity contribution >= 4 is 65.9 Å². The van der Waals surface area contributed by atoms with Gasteiger partial charge in [0.2, 0.25) is 0 Å². The van der Waals surface area contributed by atoms with Gasteiger partial charge in [-0.05, 0) is 113 Å². The summed E-state index contributed by atoms with van der Waals surface area (Å²) in [6.07, 6.45) is 0.350. The molecule has 0 atom stereocenters. The van der Waals surface area contributed by atoms with Crippen LogP contribution in [0.3, 0.4) is 0 Å². The largest absolute Gasteiger partial charge is 0.491 e. The Bertz CT molecular complexity index is 1620. The van der Waals surface area contributed by atoms with Crippen molar-refractivity contribution in [2.75, 3.05) is 11.1 Å². The quantitative estimate of drug-likeness (QED) is 0.143. The van der Waals surface area contributed by atoms with E-state index in [1.54, 1.807) is 0 Å². The number of halogens is 2. The van der Waals surface area contributed by atoms with Gasteiger partial charge in [-0.3, -0.25) is 4.79 Å². The molecule has 0 amide bonds. The molecule has 11 heteroatoms. The van der Waals surface area contributed by atoms with E-state index >= 15 is 0 Å². The third-order valence-corrected chi connectivity index (χ3v) is 6.37. The van der Waals surface area contributed by atoms with Gasteiger partial charge >= 0.3 is 0 Å². The van der Waals surface area contributed by atoms with E-state index in [1.165, 1.54) is 0 Å². The van der Waals surface area contributed by atoms with E-state index in [9.17, 15) is 0 Å². The number of hydrogen-bond donors (Lipinski definition) is 3. The molecule has 0 aliphatic heterocycles. The van der Waals surface area contributed by atoms with E-state index in [4.69, 9.17) is 25.1 Å². The monoisotopic (exact) mass is 711 g/mol. The minimum atomic E-state index is -0.833. The molecule has 4 aromatic carbocycles. The van der Waals surface area contributed by atoms with Crippen molar-refractivity contribution in [2.24, 2.45) is 0 Å². The molecule has 0 bridgehead atoms. The fourth-order valence-corrected chi connectivity index (χ4v) is 4.41. The van der Waals surface area contributed by atoms with Gasteiger partial charge in [0.05, 0.1) is 34.8 Å². The van der Waals surface area contributed by atoms with Crippen molar-refractivity contribution in [1.82, 2.24) is 15.0 Å². The van der Waals surface area contributed by atoms with Crippen LogP contribution in [0.1, 0.15) is 34.6 Å². The van der Waals surface area contributed by atoms with Gasteiger partial charge in [0.25, 0.3) is 5.97 Å². The van der Waals surface area contributed by atoms with Gasteiger partial charge in [0.1, 0.15) is 17.0 Å². The number of rotatable bonds is 7. The molecule has 0 aliphatic rings. The average molecular weight is 713 g/mol. The Morgan fingerprint density at radius 1 is 0.837 bits per heavy atom. The first-order valence-electron chi connectivity index (χ1n) is 13.5. The van der Waals surface area contributed by atoms with E-state index in [0.29, 0.717) is 5.69 Å². The molecular formula is C32H35Br2N5O4. The Balaban J connectivity index is 0.000000210. The number of nitrogen functional groups attached to an aromatic ring is 1. The number of nitrogens with one attached hydrogen (secondary N) is 1. The van der Waals surface area contributed by atoms with E-state index in [-0.39, 0.29) is 12.2 Å². The number of carboxylic acids is 1. The maximum absolute atomic E-state index is 9.00. The van der Waals surface area contributed by atoms with E-state index < -0.39 is 5.97 Å². The number of aliphatic carboxylic acids is 1.